The molecule has 2 aromatic heterocycles. The summed E-state index contributed by atoms with van der Waals surface area (Å²) in [6.45, 7) is 2.39. The van der Waals surface area contributed by atoms with Gasteiger partial charge in [0.2, 0.25) is 5.91 Å². The molecule has 1 unspecified atom stereocenters. The molecule has 0 aliphatic rings. The van der Waals surface area contributed by atoms with Crippen LogP contribution in [-0.2, 0) is 4.79 Å². The van der Waals surface area contributed by atoms with Crippen molar-refractivity contribution in [1.29, 1.82) is 0 Å². The van der Waals surface area contributed by atoms with Crippen molar-refractivity contribution >= 4 is 23.2 Å². The quantitative estimate of drug-likeness (QED) is 0.682. The van der Waals surface area contributed by atoms with Crippen molar-refractivity contribution in [3.05, 3.63) is 40.3 Å². The van der Waals surface area contributed by atoms with E-state index in [0.29, 0.717) is 24.3 Å². The van der Waals surface area contributed by atoms with Gasteiger partial charge >= 0.3 is 0 Å². The van der Waals surface area contributed by atoms with Gasteiger partial charge in [0.1, 0.15) is 0 Å². The molecule has 2 rings (SSSR count). The summed E-state index contributed by atoms with van der Waals surface area (Å²) in [6.07, 6.45) is 4.44. The average molecular weight is 306 g/mol. The molecule has 3 N–H and O–H groups in total. The summed E-state index contributed by atoms with van der Waals surface area (Å²) in [5.41, 5.74) is 0.939. The first-order valence-corrected chi connectivity index (χ1v) is 7.64. The highest BCUT2D eigenvalue weighted by Crippen LogP contribution is 2.09. The molecule has 6 nitrogen and oxygen atoms in total. The first-order valence-electron chi connectivity index (χ1n) is 6.76. The van der Waals surface area contributed by atoms with Crippen LogP contribution < -0.4 is 10.6 Å². The molecule has 0 saturated heterocycles. The van der Waals surface area contributed by atoms with Crippen molar-refractivity contribution in [3.8, 4) is 0 Å². The Morgan fingerprint density at radius 1 is 1.48 bits per heavy atom. The van der Waals surface area contributed by atoms with E-state index in [9.17, 15) is 9.59 Å². The van der Waals surface area contributed by atoms with Crippen LogP contribution in [-0.4, -0.2) is 28.6 Å². The normalized spacial score (nSPS) is 11.9. The Balaban J connectivity index is 1.62. The maximum absolute atomic E-state index is 11.8. The maximum atomic E-state index is 11.8. The van der Waals surface area contributed by atoms with E-state index in [4.69, 9.17) is 0 Å². The van der Waals surface area contributed by atoms with Crippen LogP contribution in [0.1, 0.15) is 41.0 Å². The fourth-order valence-corrected chi connectivity index (χ4v) is 2.48. The lowest BCUT2D eigenvalue weighted by Gasteiger charge is -2.12. The predicted octanol–water partition coefficient (Wildman–Crippen LogP) is 1.86. The minimum absolute atomic E-state index is 0.0333. The Hall–Kier alpha value is -2.15. The largest absolute Gasteiger partial charge is 0.351 e. The number of carbonyl (C=O) groups excluding carboxylic acids is 2. The lowest BCUT2D eigenvalue weighted by Crippen LogP contribution is -2.28. The van der Waals surface area contributed by atoms with Crippen LogP contribution in [0.2, 0.25) is 0 Å². The summed E-state index contributed by atoms with van der Waals surface area (Å²) in [5, 5.41) is 14.1. The van der Waals surface area contributed by atoms with Crippen molar-refractivity contribution in [3.63, 3.8) is 0 Å². The van der Waals surface area contributed by atoms with Crippen LogP contribution in [0, 0.1) is 0 Å². The summed E-state index contributed by atoms with van der Waals surface area (Å²) in [5.74, 6) is -0.119. The van der Waals surface area contributed by atoms with Crippen molar-refractivity contribution in [2.24, 2.45) is 0 Å². The van der Waals surface area contributed by atoms with E-state index in [0.717, 1.165) is 5.56 Å². The first-order chi connectivity index (χ1) is 10.2. The van der Waals surface area contributed by atoms with Gasteiger partial charge in [0, 0.05) is 24.7 Å². The molecule has 0 aliphatic carbocycles. The van der Waals surface area contributed by atoms with Crippen LogP contribution in [0.4, 0.5) is 0 Å². The van der Waals surface area contributed by atoms with E-state index < -0.39 is 0 Å². The summed E-state index contributed by atoms with van der Waals surface area (Å²) in [7, 11) is 0. The molecule has 0 fully saturated rings. The Morgan fingerprint density at radius 3 is 3.00 bits per heavy atom. The molecule has 0 spiro atoms. The Kier molecular flexibility index (Phi) is 5.51. The molecule has 0 bridgehead atoms. The average Bonchev–Trinajstić information content (AvgIpc) is 3.15. The van der Waals surface area contributed by atoms with Crippen LogP contribution in [0.25, 0.3) is 0 Å². The molecule has 2 aromatic rings. The van der Waals surface area contributed by atoms with Gasteiger partial charge in [-0.2, -0.15) is 5.10 Å². The number of thiophene rings is 1. The van der Waals surface area contributed by atoms with Crippen LogP contribution in [0.3, 0.4) is 0 Å². The van der Waals surface area contributed by atoms with Gasteiger partial charge in [-0.25, -0.2) is 0 Å². The number of hydrogen-bond donors (Lipinski definition) is 3. The minimum atomic E-state index is -0.0860. The third-order valence-corrected chi connectivity index (χ3v) is 3.88. The van der Waals surface area contributed by atoms with E-state index in [1.807, 2.05) is 18.4 Å². The fourth-order valence-electron chi connectivity index (χ4n) is 1.84. The zero-order chi connectivity index (χ0) is 15.1. The maximum Gasteiger partial charge on any atom is 0.261 e. The number of aromatic nitrogens is 2. The minimum Gasteiger partial charge on any atom is -0.351 e. The molecular weight excluding hydrogens is 288 g/mol. The summed E-state index contributed by atoms with van der Waals surface area (Å²) in [6, 6.07) is 3.54. The van der Waals surface area contributed by atoms with E-state index in [-0.39, 0.29) is 17.9 Å². The van der Waals surface area contributed by atoms with Gasteiger partial charge in [-0.3, -0.25) is 14.7 Å². The standard InChI is InChI=1S/C14H18N4O2S/c1-10(11-8-16-17-9-11)18-13(19)5-2-6-15-14(20)12-4-3-7-21-12/h3-4,7-10H,2,5-6H2,1H3,(H,15,20)(H,16,17)(H,18,19). The lowest BCUT2D eigenvalue weighted by molar-refractivity contribution is -0.121. The molecular formula is C14H18N4O2S. The van der Waals surface area contributed by atoms with E-state index >= 15 is 0 Å². The van der Waals surface area contributed by atoms with Gasteiger partial charge in [-0.15, -0.1) is 11.3 Å². The molecule has 0 aromatic carbocycles. The predicted molar refractivity (Wildman–Crippen MR) is 81.0 cm³/mol. The van der Waals surface area contributed by atoms with Gasteiger partial charge in [0.25, 0.3) is 5.91 Å². The highest BCUT2D eigenvalue weighted by Gasteiger charge is 2.10. The summed E-state index contributed by atoms with van der Waals surface area (Å²) >= 11 is 1.40. The van der Waals surface area contributed by atoms with Gasteiger partial charge < -0.3 is 10.6 Å². The Labute approximate surface area is 127 Å². The number of rotatable bonds is 7. The van der Waals surface area contributed by atoms with E-state index in [2.05, 4.69) is 20.8 Å². The molecule has 0 saturated carbocycles. The SMILES string of the molecule is CC(NC(=O)CCCNC(=O)c1cccs1)c1cn[nH]c1. The third kappa shape index (κ3) is 4.71. The van der Waals surface area contributed by atoms with E-state index in [1.54, 1.807) is 18.5 Å². The van der Waals surface area contributed by atoms with Gasteiger partial charge in [-0.05, 0) is 24.8 Å². The molecule has 0 radical (unpaired) electrons. The highest BCUT2D eigenvalue weighted by molar-refractivity contribution is 7.12. The third-order valence-electron chi connectivity index (χ3n) is 3.01. The second-order valence-electron chi connectivity index (χ2n) is 4.66. The zero-order valence-corrected chi connectivity index (χ0v) is 12.6. The number of hydrogen-bond acceptors (Lipinski definition) is 4. The van der Waals surface area contributed by atoms with Crippen molar-refractivity contribution in [2.45, 2.75) is 25.8 Å². The first kappa shape index (κ1) is 15.2. The Morgan fingerprint density at radius 2 is 2.33 bits per heavy atom. The van der Waals surface area contributed by atoms with E-state index in [1.165, 1.54) is 11.3 Å². The number of aromatic amines is 1. The van der Waals surface area contributed by atoms with Crippen molar-refractivity contribution in [1.82, 2.24) is 20.8 Å². The van der Waals surface area contributed by atoms with Gasteiger partial charge in [-0.1, -0.05) is 6.07 Å². The highest BCUT2D eigenvalue weighted by atomic mass is 32.1. The second kappa shape index (κ2) is 7.58. The molecule has 1 atom stereocenters. The summed E-state index contributed by atoms with van der Waals surface area (Å²) in [4.78, 5) is 24.1. The van der Waals surface area contributed by atoms with Gasteiger partial charge in [0.05, 0.1) is 17.1 Å². The number of nitrogens with one attached hydrogen (secondary N) is 3. The molecule has 7 heteroatoms. The van der Waals surface area contributed by atoms with Crippen molar-refractivity contribution < 1.29 is 9.59 Å². The molecule has 112 valence electrons. The number of H-pyrrole nitrogens is 1. The molecule has 2 amide bonds. The topological polar surface area (TPSA) is 86.9 Å². The zero-order valence-electron chi connectivity index (χ0n) is 11.8. The van der Waals surface area contributed by atoms with Gasteiger partial charge in [0.15, 0.2) is 0 Å². The Bertz CT molecular complexity index is 566. The number of nitrogens with zero attached hydrogens (tertiary/aromatic N) is 1. The van der Waals surface area contributed by atoms with Crippen LogP contribution in [0.5, 0.6) is 0 Å². The van der Waals surface area contributed by atoms with Crippen molar-refractivity contribution in [2.75, 3.05) is 6.54 Å². The van der Waals surface area contributed by atoms with Crippen LogP contribution >= 0.6 is 11.3 Å². The van der Waals surface area contributed by atoms with Crippen LogP contribution in [0.15, 0.2) is 29.9 Å². The lowest BCUT2D eigenvalue weighted by atomic mass is 10.2. The summed E-state index contributed by atoms with van der Waals surface area (Å²) < 4.78 is 0. The number of carbonyl (C=O) groups is 2. The molecule has 0 aliphatic heterocycles. The monoisotopic (exact) mass is 306 g/mol. The molecule has 2 heterocycles. The smallest absolute Gasteiger partial charge is 0.261 e. The molecule has 21 heavy (non-hydrogen) atoms. The second-order valence-corrected chi connectivity index (χ2v) is 5.61. The fraction of sp³-hybridized carbons (Fsp3) is 0.357. The number of amides is 2.